The van der Waals surface area contributed by atoms with E-state index in [4.69, 9.17) is 9.47 Å². The minimum Gasteiger partial charge on any atom is -0.382 e. The Morgan fingerprint density at radius 3 is 2.88 bits per heavy atom. The number of rotatable bonds is 9. The van der Waals surface area contributed by atoms with Crippen LogP contribution >= 0.6 is 0 Å². The second-order valence-corrected chi connectivity index (χ2v) is 5.01. The third-order valence-electron chi connectivity index (χ3n) is 1.95. The van der Waals surface area contributed by atoms with Crippen LogP contribution in [0.4, 0.5) is 0 Å². The molecule has 7 nitrogen and oxygen atoms in total. The average Bonchev–Trinajstić information content (AvgIpc) is 2.82. The zero-order valence-corrected chi connectivity index (χ0v) is 10.5. The van der Waals surface area contributed by atoms with E-state index in [1.807, 2.05) is 0 Å². The van der Waals surface area contributed by atoms with Crippen LogP contribution in [0, 0.1) is 0 Å². The lowest BCUT2D eigenvalue weighted by atomic mass is 10.5. The standard InChI is InChI=1S/C9H17N3O4S/c1-15-7-8-16-6-2-4-11-17(13,14)9-3-5-10-12-9/h3,5,11H,2,4,6-8H2,1H3,(H,10,12). The fourth-order valence-electron chi connectivity index (χ4n) is 1.10. The molecule has 1 rings (SSSR count). The Labute approximate surface area is 101 Å². The molecule has 0 spiro atoms. The lowest BCUT2D eigenvalue weighted by Gasteiger charge is -2.05. The van der Waals surface area contributed by atoms with Crippen molar-refractivity contribution in [3.63, 3.8) is 0 Å². The molecule has 0 fully saturated rings. The number of aromatic nitrogens is 2. The van der Waals surface area contributed by atoms with Crippen LogP contribution in [-0.2, 0) is 19.5 Å². The van der Waals surface area contributed by atoms with Gasteiger partial charge in [-0.3, -0.25) is 5.10 Å². The first kappa shape index (κ1) is 14.1. The molecular formula is C9H17N3O4S. The molecule has 0 aliphatic heterocycles. The van der Waals surface area contributed by atoms with Crippen molar-refractivity contribution in [2.45, 2.75) is 11.4 Å². The molecule has 1 aromatic heterocycles. The van der Waals surface area contributed by atoms with Crippen LogP contribution in [-0.4, -0.2) is 52.1 Å². The second-order valence-electron chi connectivity index (χ2n) is 3.28. The number of nitrogens with zero attached hydrogens (tertiary/aromatic N) is 1. The summed E-state index contributed by atoms with van der Waals surface area (Å²) in [6.07, 6.45) is 2.00. The minimum atomic E-state index is -3.46. The summed E-state index contributed by atoms with van der Waals surface area (Å²) in [4.78, 5) is 0. The van der Waals surface area contributed by atoms with Gasteiger partial charge in [-0.25, -0.2) is 13.1 Å². The highest BCUT2D eigenvalue weighted by Gasteiger charge is 2.13. The molecule has 0 saturated heterocycles. The highest BCUT2D eigenvalue weighted by Crippen LogP contribution is 2.01. The van der Waals surface area contributed by atoms with E-state index >= 15 is 0 Å². The molecule has 0 radical (unpaired) electrons. The molecule has 98 valence electrons. The van der Waals surface area contributed by atoms with Crippen LogP contribution < -0.4 is 4.72 Å². The van der Waals surface area contributed by atoms with Crippen molar-refractivity contribution in [1.82, 2.24) is 14.9 Å². The van der Waals surface area contributed by atoms with Crippen molar-refractivity contribution in [1.29, 1.82) is 0 Å². The molecule has 0 saturated carbocycles. The smallest absolute Gasteiger partial charge is 0.257 e. The first-order valence-electron chi connectivity index (χ1n) is 5.22. The van der Waals surface area contributed by atoms with Crippen molar-refractivity contribution in [3.05, 3.63) is 12.3 Å². The van der Waals surface area contributed by atoms with Crippen molar-refractivity contribution in [2.75, 3.05) is 33.5 Å². The zero-order chi connectivity index (χ0) is 12.6. The van der Waals surface area contributed by atoms with Gasteiger partial charge in [0.1, 0.15) is 0 Å². The molecular weight excluding hydrogens is 246 g/mol. The van der Waals surface area contributed by atoms with Crippen LogP contribution in [0.5, 0.6) is 0 Å². The van der Waals surface area contributed by atoms with E-state index < -0.39 is 10.0 Å². The fourth-order valence-corrected chi connectivity index (χ4v) is 2.08. The highest BCUT2D eigenvalue weighted by molar-refractivity contribution is 7.89. The maximum atomic E-state index is 11.6. The molecule has 0 atom stereocenters. The van der Waals surface area contributed by atoms with Crippen LogP contribution in [0.1, 0.15) is 6.42 Å². The molecule has 17 heavy (non-hydrogen) atoms. The number of hydrogen-bond acceptors (Lipinski definition) is 5. The lowest BCUT2D eigenvalue weighted by Crippen LogP contribution is -2.26. The molecule has 8 heteroatoms. The van der Waals surface area contributed by atoms with E-state index in [0.717, 1.165) is 0 Å². The van der Waals surface area contributed by atoms with Gasteiger partial charge in [-0.1, -0.05) is 0 Å². The molecule has 2 N–H and O–H groups in total. The highest BCUT2D eigenvalue weighted by atomic mass is 32.2. The van der Waals surface area contributed by atoms with Gasteiger partial charge in [-0.15, -0.1) is 0 Å². The van der Waals surface area contributed by atoms with Crippen LogP contribution in [0.25, 0.3) is 0 Å². The maximum Gasteiger partial charge on any atom is 0.257 e. The first-order valence-corrected chi connectivity index (χ1v) is 6.71. The van der Waals surface area contributed by atoms with E-state index in [9.17, 15) is 8.42 Å². The Hall–Kier alpha value is -0.960. The Balaban J connectivity index is 2.14. The Morgan fingerprint density at radius 1 is 1.41 bits per heavy atom. The number of aromatic amines is 1. The summed E-state index contributed by atoms with van der Waals surface area (Å²) in [6, 6.07) is 1.40. The SMILES string of the molecule is COCCOCCCNS(=O)(=O)c1ccn[nH]1. The number of nitrogens with one attached hydrogen (secondary N) is 2. The van der Waals surface area contributed by atoms with Crippen molar-refractivity contribution >= 4 is 10.0 Å². The summed E-state index contributed by atoms with van der Waals surface area (Å²) in [5.74, 6) is 0. The van der Waals surface area contributed by atoms with Gasteiger partial charge in [-0.05, 0) is 12.5 Å². The summed E-state index contributed by atoms with van der Waals surface area (Å²) in [6.45, 7) is 1.88. The number of methoxy groups -OCH3 is 1. The summed E-state index contributed by atoms with van der Waals surface area (Å²) in [7, 11) is -1.86. The van der Waals surface area contributed by atoms with E-state index in [1.54, 1.807) is 7.11 Å². The Kier molecular flexibility index (Phi) is 6.12. The van der Waals surface area contributed by atoms with Gasteiger partial charge in [0, 0.05) is 20.3 Å². The van der Waals surface area contributed by atoms with Gasteiger partial charge >= 0.3 is 0 Å². The van der Waals surface area contributed by atoms with Gasteiger partial charge in [0.25, 0.3) is 10.0 Å². The second kappa shape index (κ2) is 7.38. The normalized spacial score (nSPS) is 11.8. The summed E-state index contributed by atoms with van der Waals surface area (Å²) in [5.41, 5.74) is 0. The Morgan fingerprint density at radius 2 is 2.24 bits per heavy atom. The maximum absolute atomic E-state index is 11.6. The third-order valence-corrected chi connectivity index (χ3v) is 3.34. The summed E-state index contributed by atoms with van der Waals surface area (Å²) < 4.78 is 35.6. The molecule has 0 amide bonds. The topological polar surface area (TPSA) is 93.3 Å². The van der Waals surface area contributed by atoms with Gasteiger partial charge in [0.2, 0.25) is 0 Å². The van der Waals surface area contributed by atoms with E-state index in [-0.39, 0.29) is 5.03 Å². The molecule has 0 aromatic carbocycles. The predicted octanol–water partition coefficient (Wildman–Crippen LogP) is -0.259. The average molecular weight is 263 g/mol. The van der Waals surface area contributed by atoms with Gasteiger partial charge in [-0.2, -0.15) is 5.10 Å². The quantitative estimate of drug-likeness (QED) is 0.599. The minimum absolute atomic E-state index is 0.0674. The number of H-pyrrole nitrogens is 1. The molecule has 1 aromatic rings. The monoisotopic (exact) mass is 263 g/mol. The number of hydrogen-bond donors (Lipinski definition) is 2. The van der Waals surface area contributed by atoms with Crippen molar-refractivity contribution in [3.8, 4) is 0 Å². The largest absolute Gasteiger partial charge is 0.382 e. The van der Waals surface area contributed by atoms with E-state index in [2.05, 4.69) is 14.9 Å². The van der Waals surface area contributed by atoms with E-state index in [1.165, 1.54) is 12.3 Å². The predicted molar refractivity (Wildman–Crippen MR) is 61.1 cm³/mol. The summed E-state index contributed by atoms with van der Waals surface area (Å²) in [5, 5.41) is 6.05. The van der Waals surface area contributed by atoms with Gasteiger partial charge in [0.05, 0.1) is 19.4 Å². The molecule has 1 heterocycles. The summed E-state index contributed by atoms with van der Waals surface area (Å²) >= 11 is 0. The zero-order valence-electron chi connectivity index (χ0n) is 9.68. The number of ether oxygens (including phenoxy) is 2. The molecule has 0 aliphatic rings. The van der Waals surface area contributed by atoms with Crippen LogP contribution in [0.3, 0.4) is 0 Å². The fraction of sp³-hybridized carbons (Fsp3) is 0.667. The van der Waals surface area contributed by atoms with Gasteiger partial charge in [0.15, 0.2) is 5.03 Å². The lowest BCUT2D eigenvalue weighted by molar-refractivity contribution is 0.0699. The first-order chi connectivity index (χ1) is 8.17. The van der Waals surface area contributed by atoms with Crippen LogP contribution in [0.15, 0.2) is 17.3 Å². The third kappa shape index (κ3) is 5.26. The molecule has 0 aliphatic carbocycles. The van der Waals surface area contributed by atoms with Crippen molar-refractivity contribution in [2.24, 2.45) is 0 Å². The molecule has 0 unspecified atom stereocenters. The molecule has 0 bridgehead atoms. The van der Waals surface area contributed by atoms with Crippen molar-refractivity contribution < 1.29 is 17.9 Å². The van der Waals surface area contributed by atoms with Crippen LogP contribution in [0.2, 0.25) is 0 Å². The van der Waals surface area contributed by atoms with Gasteiger partial charge < -0.3 is 9.47 Å². The van der Waals surface area contributed by atoms with E-state index in [0.29, 0.717) is 32.8 Å². The Bertz CT molecular complexity index is 390. The number of sulfonamides is 1.